The Morgan fingerprint density at radius 2 is 0.812 bits per heavy atom. The first-order valence-electron chi connectivity index (χ1n) is 21.1. The molecule has 0 saturated carbocycles. The van der Waals surface area contributed by atoms with E-state index in [1.165, 1.54) is 87.1 Å². The molecule has 0 aliphatic heterocycles. The average molecular weight is 893 g/mol. The van der Waals surface area contributed by atoms with Crippen molar-refractivity contribution >= 4 is 88.2 Å². The zero-order chi connectivity index (χ0) is 43.6. The van der Waals surface area contributed by atoms with Crippen LogP contribution >= 0.6 is 15.9 Å². The van der Waals surface area contributed by atoms with E-state index < -0.39 is 0 Å². The van der Waals surface area contributed by atoms with Gasteiger partial charge >= 0.3 is 7.69 Å². The standard InChI is InChI=1S/C29H20O.C16H10BO2.C13H11BrO/c1-30-23-14-17-25(27(18-23)19-6-3-2-4-7-19)24-15-12-22-11-10-20-8-5-9-21-13-16-26(24)29(22)28(20)21;18-17-19-14-9-7-12-5-4-10-2-1-3-11-6-8-13(14)16(12)15(10)11;1-15-11-7-8-13(14)12(9-11)10-5-3-2-4-6-10/h2-18H,1H3;1-9,18H;2-9H,1H3. The summed E-state index contributed by atoms with van der Waals surface area (Å²) in [5, 5.41) is 23.8. The molecule has 1 radical (unpaired) electrons. The fraction of sp³-hybridized carbons (Fsp3) is 0.0345. The van der Waals surface area contributed by atoms with Crippen LogP contribution in [0.15, 0.2) is 211 Å². The van der Waals surface area contributed by atoms with Gasteiger partial charge in [0.05, 0.1) is 14.2 Å². The van der Waals surface area contributed by atoms with Crippen LogP contribution in [-0.2, 0) is 0 Å². The predicted molar refractivity (Wildman–Crippen MR) is 272 cm³/mol. The zero-order valence-corrected chi connectivity index (χ0v) is 36.8. The minimum absolute atomic E-state index is 0.674. The second-order valence-corrected chi connectivity index (χ2v) is 16.5. The quantitative estimate of drug-likeness (QED) is 0.128. The second-order valence-electron chi connectivity index (χ2n) is 15.6. The number of hydrogen-bond donors (Lipinski definition) is 1. The van der Waals surface area contributed by atoms with Gasteiger partial charge in [-0.2, -0.15) is 0 Å². The van der Waals surface area contributed by atoms with Crippen molar-refractivity contribution in [1.82, 2.24) is 0 Å². The number of halogens is 1. The molecule has 0 aliphatic rings. The summed E-state index contributed by atoms with van der Waals surface area (Å²) in [5.41, 5.74) is 7.18. The Morgan fingerprint density at radius 3 is 1.38 bits per heavy atom. The first-order valence-corrected chi connectivity index (χ1v) is 21.9. The van der Waals surface area contributed by atoms with Gasteiger partial charge in [-0.3, -0.25) is 0 Å². The minimum atomic E-state index is 0.674. The Balaban J connectivity index is 0.000000122. The van der Waals surface area contributed by atoms with E-state index in [4.69, 9.17) is 19.2 Å². The average Bonchev–Trinajstić information content (AvgIpc) is 3.36. The van der Waals surface area contributed by atoms with Gasteiger partial charge in [0.2, 0.25) is 0 Å². The summed E-state index contributed by atoms with van der Waals surface area (Å²) in [5.74, 6) is 2.42. The molecule has 4 nitrogen and oxygen atoms in total. The monoisotopic (exact) mass is 891 g/mol. The molecule has 0 amide bonds. The van der Waals surface area contributed by atoms with E-state index in [1.807, 2.05) is 54.6 Å². The van der Waals surface area contributed by atoms with E-state index in [1.54, 1.807) is 14.2 Å². The van der Waals surface area contributed by atoms with Crippen LogP contribution in [0.2, 0.25) is 0 Å². The fourth-order valence-corrected chi connectivity index (χ4v) is 9.53. The molecule has 0 atom stereocenters. The number of hydrogen-bond acceptors (Lipinski definition) is 4. The molecule has 0 unspecified atom stereocenters. The summed E-state index contributed by atoms with van der Waals surface area (Å²) < 4.78 is 17.0. The third-order valence-electron chi connectivity index (χ3n) is 12.1. The lowest BCUT2D eigenvalue weighted by Crippen LogP contribution is -2.00. The van der Waals surface area contributed by atoms with E-state index in [2.05, 4.69) is 168 Å². The maximum atomic E-state index is 8.87. The normalized spacial score (nSPS) is 11.1. The number of benzene rings is 12. The SMILES string of the molecule is COc1ccc(-c2ccc3ccc4cccc5ccc2c3c45)c(-c2ccccc2)c1.COc1ccc(Br)c(-c2ccccc2)c1.O[B]Oc1ccc2ccc3cccc4ccc1c2c34. The summed E-state index contributed by atoms with van der Waals surface area (Å²) in [7, 11) is 4.13. The van der Waals surface area contributed by atoms with E-state index in [-0.39, 0.29) is 0 Å². The third kappa shape index (κ3) is 7.61. The Bertz CT molecular complexity index is 3520. The van der Waals surface area contributed by atoms with Gasteiger partial charge in [0.15, 0.2) is 0 Å². The van der Waals surface area contributed by atoms with Crippen LogP contribution in [0.4, 0.5) is 0 Å². The first kappa shape index (κ1) is 40.7. The molecule has 0 aromatic heterocycles. The highest BCUT2D eigenvalue weighted by atomic mass is 79.9. The molecule has 0 saturated heterocycles. The maximum Gasteiger partial charge on any atom is 0.569 e. The Kier molecular flexibility index (Phi) is 11.3. The molecular formula is C58H41BBrO4. The molecule has 0 aliphatic carbocycles. The highest BCUT2D eigenvalue weighted by Crippen LogP contribution is 2.43. The van der Waals surface area contributed by atoms with Crippen molar-refractivity contribution in [2.75, 3.05) is 14.2 Å². The van der Waals surface area contributed by atoms with Gasteiger partial charge in [0.25, 0.3) is 0 Å². The molecule has 12 aromatic rings. The summed E-state index contributed by atoms with van der Waals surface area (Å²) in [4.78, 5) is 0. The number of methoxy groups -OCH3 is 2. The minimum Gasteiger partial charge on any atom is -0.537 e. The summed E-state index contributed by atoms with van der Waals surface area (Å²) in [6.45, 7) is 0. The van der Waals surface area contributed by atoms with Crippen LogP contribution in [0.25, 0.3) is 98.0 Å². The molecule has 0 spiro atoms. The van der Waals surface area contributed by atoms with Crippen molar-refractivity contribution in [1.29, 1.82) is 0 Å². The Hall–Kier alpha value is -7.38. The summed E-state index contributed by atoms with van der Waals surface area (Å²) in [6.07, 6.45) is 0. The van der Waals surface area contributed by atoms with Gasteiger partial charge < -0.3 is 19.2 Å². The maximum absolute atomic E-state index is 8.87. The molecule has 0 fully saturated rings. The van der Waals surface area contributed by atoms with Gasteiger partial charge in [-0.1, -0.05) is 186 Å². The summed E-state index contributed by atoms with van der Waals surface area (Å²) >= 11 is 3.54. The van der Waals surface area contributed by atoms with Crippen molar-refractivity contribution in [3.63, 3.8) is 0 Å². The lowest BCUT2D eigenvalue weighted by molar-refractivity contribution is 0.415. The largest absolute Gasteiger partial charge is 0.569 e. The van der Waals surface area contributed by atoms with E-state index in [0.29, 0.717) is 5.75 Å². The molecule has 12 aromatic carbocycles. The molecule has 0 heterocycles. The van der Waals surface area contributed by atoms with Crippen molar-refractivity contribution < 1.29 is 19.2 Å². The fourth-order valence-electron chi connectivity index (χ4n) is 9.05. The van der Waals surface area contributed by atoms with Crippen LogP contribution in [-0.4, -0.2) is 26.9 Å². The molecular weight excluding hydrogens is 851 g/mol. The molecule has 307 valence electrons. The van der Waals surface area contributed by atoms with Crippen molar-refractivity contribution in [2.45, 2.75) is 0 Å². The van der Waals surface area contributed by atoms with E-state index in [0.717, 1.165) is 34.6 Å². The molecule has 1 N–H and O–H groups in total. The van der Waals surface area contributed by atoms with Crippen LogP contribution in [0.3, 0.4) is 0 Å². The first-order chi connectivity index (χ1) is 31.5. The lowest BCUT2D eigenvalue weighted by Gasteiger charge is -2.17. The van der Waals surface area contributed by atoms with Gasteiger partial charge in [0.1, 0.15) is 17.2 Å². The molecule has 12 rings (SSSR count). The smallest absolute Gasteiger partial charge is 0.537 e. The summed E-state index contributed by atoms with van der Waals surface area (Å²) in [6, 6.07) is 71.8. The van der Waals surface area contributed by atoms with Crippen LogP contribution < -0.4 is 14.1 Å². The Morgan fingerprint density at radius 1 is 0.375 bits per heavy atom. The van der Waals surface area contributed by atoms with Crippen LogP contribution in [0, 0.1) is 0 Å². The predicted octanol–water partition coefficient (Wildman–Crippen LogP) is 15.5. The lowest BCUT2D eigenvalue weighted by atomic mass is 9.87. The highest BCUT2D eigenvalue weighted by molar-refractivity contribution is 9.10. The van der Waals surface area contributed by atoms with E-state index in [9.17, 15) is 0 Å². The number of ether oxygens (including phenoxy) is 2. The van der Waals surface area contributed by atoms with Crippen molar-refractivity contribution in [3.8, 4) is 50.6 Å². The molecule has 6 heteroatoms. The van der Waals surface area contributed by atoms with Gasteiger partial charge in [-0.05, 0) is 124 Å². The number of rotatable bonds is 7. The van der Waals surface area contributed by atoms with Crippen molar-refractivity contribution in [3.05, 3.63) is 211 Å². The van der Waals surface area contributed by atoms with Crippen LogP contribution in [0.1, 0.15) is 0 Å². The molecule has 64 heavy (non-hydrogen) atoms. The van der Waals surface area contributed by atoms with Gasteiger partial charge in [-0.25, -0.2) is 0 Å². The van der Waals surface area contributed by atoms with Crippen molar-refractivity contribution in [2.24, 2.45) is 0 Å². The molecule has 0 bridgehead atoms. The van der Waals surface area contributed by atoms with E-state index >= 15 is 0 Å². The van der Waals surface area contributed by atoms with Gasteiger partial charge in [0, 0.05) is 15.2 Å². The van der Waals surface area contributed by atoms with Gasteiger partial charge in [-0.15, -0.1) is 0 Å². The topological polar surface area (TPSA) is 47.9 Å². The Labute approximate surface area is 381 Å². The zero-order valence-electron chi connectivity index (χ0n) is 35.3. The second kappa shape index (κ2) is 17.8. The van der Waals surface area contributed by atoms with Crippen LogP contribution in [0.5, 0.6) is 17.2 Å². The third-order valence-corrected chi connectivity index (χ3v) is 12.7. The highest BCUT2D eigenvalue weighted by Gasteiger charge is 2.16.